The molecule has 2 heterocycles. The molecule has 0 unspecified atom stereocenters. The Morgan fingerprint density at radius 1 is 1.15 bits per heavy atom. The topological polar surface area (TPSA) is 114 Å². The van der Waals surface area contributed by atoms with Crippen molar-refractivity contribution in [3.8, 4) is 0 Å². The van der Waals surface area contributed by atoms with Crippen LogP contribution in [0.15, 0.2) is 46.9 Å². The van der Waals surface area contributed by atoms with Crippen LogP contribution in [0.2, 0.25) is 10.0 Å². The van der Waals surface area contributed by atoms with E-state index in [0.29, 0.717) is 22.1 Å². The summed E-state index contributed by atoms with van der Waals surface area (Å²) in [6.45, 7) is 0.00479. The van der Waals surface area contributed by atoms with E-state index in [-0.39, 0.29) is 26.6 Å². The van der Waals surface area contributed by atoms with E-state index >= 15 is 0 Å². The molecule has 0 spiro atoms. The monoisotopic (exact) mass is 443 g/mol. The number of pyridine rings is 1. The van der Waals surface area contributed by atoms with Crippen LogP contribution in [0, 0.1) is 0 Å². The predicted molar refractivity (Wildman–Crippen MR) is 103 cm³/mol. The molecule has 27 heavy (non-hydrogen) atoms. The first-order valence-electron chi connectivity index (χ1n) is 7.34. The zero-order valence-electron chi connectivity index (χ0n) is 13.4. The van der Waals surface area contributed by atoms with Gasteiger partial charge in [0.25, 0.3) is 15.9 Å². The van der Waals surface area contributed by atoms with Crippen molar-refractivity contribution in [3.05, 3.63) is 63.9 Å². The fraction of sp³-hybridized carbons (Fsp3) is 0.0667. The number of sulfonamides is 1. The highest BCUT2D eigenvalue weighted by Crippen LogP contribution is 2.24. The van der Waals surface area contributed by atoms with Crippen LogP contribution in [0.25, 0.3) is 0 Å². The number of nitrogens with zero attached hydrogens (tertiary/aromatic N) is 3. The van der Waals surface area contributed by atoms with Crippen molar-refractivity contribution in [1.82, 2.24) is 19.9 Å². The zero-order chi connectivity index (χ0) is 19.4. The number of carbonyl (C=O) groups is 1. The Morgan fingerprint density at radius 3 is 2.67 bits per heavy atom. The van der Waals surface area contributed by atoms with Crippen LogP contribution in [0.5, 0.6) is 0 Å². The van der Waals surface area contributed by atoms with Crippen molar-refractivity contribution in [2.45, 2.75) is 10.9 Å². The quantitative estimate of drug-likeness (QED) is 0.565. The Hall–Kier alpha value is -2.11. The first-order valence-corrected chi connectivity index (χ1v) is 10.4. The summed E-state index contributed by atoms with van der Waals surface area (Å²) in [5, 5.41) is 10.3. The van der Waals surface area contributed by atoms with Crippen LogP contribution >= 0.6 is 34.5 Å². The van der Waals surface area contributed by atoms with Crippen molar-refractivity contribution in [2.75, 3.05) is 5.32 Å². The predicted octanol–water partition coefficient (Wildman–Crippen LogP) is 2.97. The van der Waals surface area contributed by atoms with Crippen LogP contribution in [0.1, 0.15) is 16.1 Å². The second kappa shape index (κ2) is 8.28. The SMILES string of the molecule is O=C(Nc1nnc(S(=O)(=O)NCc2ccccn2)s1)c1ccc(Cl)cc1Cl. The lowest BCUT2D eigenvalue weighted by molar-refractivity contribution is 0.102. The van der Waals surface area contributed by atoms with Gasteiger partial charge in [-0.05, 0) is 30.3 Å². The van der Waals surface area contributed by atoms with E-state index in [9.17, 15) is 13.2 Å². The van der Waals surface area contributed by atoms with Crippen molar-refractivity contribution in [3.63, 3.8) is 0 Å². The molecule has 0 aliphatic carbocycles. The molecule has 2 N–H and O–H groups in total. The Morgan fingerprint density at radius 2 is 1.96 bits per heavy atom. The van der Waals surface area contributed by atoms with Gasteiger partial charge in [-0.3, -0.25) is 15.1 Å². The third-order valence-corrected chi connectivity index (χ3v) is 6.36. The van der Waals surface area contributed by atoms with Gasteiger partial charge in [0.1, 0.15) is 0 Å². The van der Waals surface area contributed by atoms with Crippen LogP contribution in [0.4, 0.5) is 5.13 Å². The third kappa shape index (κ3) is 4.99. The molecule has 0 saturated carbocycles. The van der Waals surface area contributed by atoms with Gasteiger partial charge in [0.05, 0.1) is 22.8 Å². The Bertz CT molecular complexity index is 1070. The molecule has 3 aromatic rings. The number of carbonyl (C=O) groups excluding carboxylic acids is 1. The largest absolute Gasteiger partial charge is 0.296 e. The lowest BCUT2D eigenvalue weighted by Gasteiger charge is -2.04. The molecule has 0 fully saturated rings. The van der Waals surface area contributed by atoms with E-state index in [1.165, 1.54) is 18.2 Å². The van der Waals surface area contributed by atoms with Gasteiger partial charge in [-0.25, -0.2) is 13.1 Å². The summed E-state index contributed by atoms with van der Waals surface area (Å²) in [5.74, 6) is -0.557. The van der Waals surface area contributed by atoms with E-state index < -0.39 is 15.9 Å². The minimum absolute atomic E-state index is 0.00479. The van der Waals surface area contributed by atoms with Gasteiger partial charge < -0.3 is 0 Å². The summed E-state index contributed by atoms with van der Waals surface area (Å²) in [6, 6.07) is 9.55. The number of halogens is 2. The van der Waals surface area contributed by atoms with E-state index in [1.807, 2.05) is 0 Å². The maximum Gasteiger partial charge on any atom is 0.270 e. The van der Waals surface area contributed by atoms with E-state index in [4.69, 9.17) is 23.2 Å². The van der Waals surface area contributed by atoms with Crippen LogP contribution in [-0.2, 0) is 16.6 Å². The highest BCUT2D eigenvalue weighted by molar-refractivity contribution is 7.91. The highest BCUT2D eigenvalue weighted by atomic mass is 35.5. The summed E-state index contributed by atoms with van der Waals surface area (Å²) < 4.78 is 26.7. The number of benzene rings is 1. The van der Waals surface area contributed by atoms with Gasteiger partial charge in [0.15, 0.2) is 0 Å². The zero-order valence-corrected chi connectivity index (χ0v) is 16.5. The summed E-state index contributed by atoms with van der Waals surface area (Å²) >= 11 is 12.5. The Kier molecular flexibility index (Phi) is 6.02. The normalized spacial score (nSPS) is 11.3. The molecule has 0 bridgehead atoms. The van der Waals surface area contributed by atoms with Crippen molar-refractivity contribution in [1.29, 1.82) is 0 Å². The average molecular weight is 444 g/mol. The molecule has 0 aliphatic heterocycles. The molecule has 3 rings (SSSR count). The van der Waals surface area contributed by atoms with Crippen molar-refractivity contribution < 1.29 is 13.2 Å². The molecule has 12 heteroatoms. The molecule has 8 nitrogen and oxygen atoms in total. The Labute approximate surface area is 168 Å². The fourth-order valence-corrected chi connectivity index (χ4v) is 4.37. The molecule has 140 valence electrons. The highest BCUT2D eigenvalue weighted by Gasteiger charge is 2.21. The first-order chi connectivity index (χ1) is 12.8. The second-order valence-corrected chi connectivity index (χ2v) is 8.86. The number of anilines is 1. The van der Waals surface area contributed by atoms with Gasteiger partial charge in [-0.1, -0.05) is 40.6 Å². The summed E-state index contributed by atoms with van der Waals surface area (Å²) in [7, 11) is -3.89. The summed E-state index contributed by atoms with van der Waals surface area (Å²) in [6.07, 6.45) is 1.56. The average Bonchev–Trinajstić information content (AvgIpc) is 3.10. The van der Waals surface area contributed by atoms with Gasteiger partial charge in [-0.2, -0.15) is 0 Å². The molecule has 1 amide bonds. The maximum absolute atomic E-state index is 12.3. The van der Waals surface area contributed by atoms with Crippen LogP contribution in [-0.4, -0.2) is 29.5 Å². The molecule has 0 radical (unpaired) electrons. The van der Waals surface area contributed by atoms with Crippen LogP contribution in [0.3, 0.4) is 0 Å². The molecular formula is C15H11Cl2N5O3S2. The third-order valence-electron chi connectivity index (χ3n) is 3.20. The molecular weight excluding hydrogens is 433 g/mol. The van der Waals surface area contributed by atoms with E-state index in [1.54, 1.807) is 24.4 Å². The van der Waals surface area contributed by atoms with Crippen molar-refractivity contribution in [2.24, 2.45) is 0 Å². The Balaban J connectivity index is 1.69. The summed E-state index contributed by atoms with van der Waals surface area (Å²) in [5.41, 5.74) is 0.727. The smallest absolute Gasteiger partial charge is 0.270 e. The molecule has 1 aromatic carbocycles. The number of rotatable bonds is 6. The van der Waals surface area contributed by atoms with Crippen molar-refractivity contribution >= 4 is 55.6 Å². The first kappa shape index (κ1) is 19.6. The lowest BCUT2D eigenvalue weighted by Crippen LogP contribution is -2.23. The number of nitrogens with one attached hydrogen (secondary N) is 2. The molecule has 2 aromatic heterocycles. The van der Waals surface area contributed by atoms with Gasteiger partial charge in [0, 0.05) is 11.2 Å². The minimum Gasteiger partial charge on any atom is -0.296 e. The fourth-order valence-electron chi connectivity index (χ4n) is 1.94. The summed E-state index contributed by atoms with van der Waals surface area (Å²) in [4.78, 5) is 16.3. The van der Waals surface area contributed by atoms with Crippen LogP contribution < -0.4 is 10.0 Å². The van der Waals surface area contributed by atoms with E-state index in [0.717, 1.165) is 0 Å². The number of hydrogen-bond donors (Lipinski definition) is 2. The number of amides is 1. The van der Waals surface area contributed by atoms with Gasteiger partial charge in [-0.15, -0.1) is 10.2 Å². The lowest BCUT2D eigenvalue weighted by atomic mass is 10.2. The maximum atomic E-state index is 12.3. The minimum atomic E-state index is -3.89. The van der Waals surface area contributed by atoms with E-state index in [2.05, 4.69) is 25.2 Å². The molecule has 0 aliphatic rings. The van der Waals surface area contributed by atoms with Gasteiger partial charge in [0.2, 0.25) is 9.47 Å². The molecule has 0 saturated heterocycles. The number of hydrogen-bond acceptors (Lipinski definition) is 7. The second-order valence-electron chi connectivity index (χ2n) is 5.10. The number of aromatic nitrogens is 3. The molecule has 0 atom stereocenters. The standard InChI is InChI=1S/C15H11Cl2N5O3S2/c16-9-4-5-11(12(17)7-9)13(23)20-14-21-22-15(26-14)27(24,25)19-8-10-3-1-2-6-18-10/h1-7,19H,8H2,(H,20,21,23). The van der Waals surface area contributed by atoms with Gasteiger partial charge >= 0.3 is 0 Å².